The van der Waals surface area contributed by atoms with Crippen LogP contribution in [0.5, 0.6) is 0 Å². The monoisotopic (exact) mass is 361 g/mol. The molecule has 1 rings (SSSR count). The molecule has 0 aromatic carbocycles. The summed E-state index contributed by atoms with van der Waals surface area (Å²) in [5.74, 6) is -0.444. The van der Waals surface area contributed by atoms with Crippen LogP contribution in [0, 0.1) is 0 Å². The van der Waals surface area contributed by atoms with E-state index in [1.165, 1.54) is 0 Å². The third-order valence-corrected chi connectivity index (χ3v) is 4.55. The molecule has 2 N–H and O–H groups in total. The van der Waals surface area contributed by atoms with E-state index in [1.54, 1.807) is 28.2 Å². The van der Waals surface area contributed by atoms with Crippen LogP contribution in [0.15, 0.2) is 15.9 Å². The number of rotatable bonds is 7. The summed E-state index contributed by atoms with van der Waals surface area (Å²) in [6, 6.07) is 2.09. The standard InChI is InChI=1S/C13H20BrN3O2S/c1-9(2)17(6-12(15)18)7-13(19)16(3)5-11-4-10(14)8-20-11/h4,8-9H,5-7H2,1-3H3,(H2,15,18). The van der Waals surface area contributed by atoms with Gasteiger partial charge in [0.05, 0.1) is 19.6 Å². The molecule has 1 heterocycles. The molecule has 0 saturated carbocycles. The van der Waals surface area contributed by atoms with Crippen molar-refractivity contribution in [2.75, 3.05) is 20.1 Å². The van der Waals surface area contributed by atoms with Crippen LogP contribution in [0.4, 0.5) is 0 Å². The number of carbonyl (C=O) groups is 2. The Labute approximate surface area is 131 Å². The van der Waals surface area contributed by atoms with Gasteiger partial charge in [0, 0.05) is 27.8 Å². The lowest BCUT2D eigenvalue weighted by Gasteiger charge is -2.26. The molecule has 5 nitrogen and oxygen atoms in total. The van der Waals surface area contributed by atoms with E-state index in [1.807, 2.05) is 25.3 Å². The van der Waals surface area contributed by atoms with Crippen molar-refractivity contribution in [3.63, 3.8) is 0 Å². The number of primary amides is 1. The molecule has 0 radical (unpaired) electrons. The van der Waals surface area contributed by atoms with Crippen LogP contribution in [-0.2, 0) is 16.1 Å². The molecule has 0 aliphatic heterocycles. The highest BCUT2D eigenvalue weighted by atomic mass is 79.9. The van der Waals surface area contributed by atoms with Gasteiger partial charge in [-0.25, -0.2) is 0 Å². The zero-order valence-corrected chi connectivity index (χ0v) is 14.3. The fourth-order valence-corrected chi connectivity index (χ4v) is 3.18. The van der Waals surface area contributed by atoms with E-state index in [-0.39, 0.29) is 25.0 Å². The van der Waals surface area contributed by atoms with E-state index in [2.05, 4.69) is 15.9 Å². The third-order valence-electron chi connectivity index (χ3n) is 2.87. The maximum Gasteiger partial charge on any atom is 0.236 e. The van der Waals surface area contributed by atoms with Gasteiger partial charge < -0.3 is 10.6 Å². The van der Waals surface area contributed by atoms with Gasteiger partial charge in [-0.05, 0) is 35.8 Å². The van der Waals surface area contributed by atoms with Crippen LogP contribution in [-0.4, -0.2) is 47.8 Å². The second-order valence-electron chi connectivity index (χ2n) is 4.95. The van der Waals surface area contributed by atoms with Crippen molar-refractivity contribution in [2.45, 2.75) is 26.4 Å². The summed E-state index contributed by atoms with van der Waals surface area (Å²) in [5, 5.41) is 1.99. The van der Waals surface area contributed by atoms with E-state index in [9.17, 15) is 9.59 Å². The van der Waals surface area contributed by atoms with Crippen LogP contribution < -0.4 is 5.73 Å². The smallest absolute Gasteiger partial charge is 0.236 e. The van der Waals surface area contributed by atoms with Crippen molar-refractivity contribution in [1.82, 2.24) is 9.80 Å². The molecule has 0 saturated heterocycles. The summed E-state index contributed by atoms with van der Waals surface area (Å²) < 4.78 is 1.02. The summed E-state index contributed by atoms with van der Waals surface area (Å²) in [7, 11) is 1.76. The molecule has 0 atom stereocenters. The maximum atomic E-state index is 12.2. The minimum absolute atomic E-state index is 0.0236. The van der Waals surface area contributed by atoms with E-state index >= 15 is 0 Å². The average Bonchev–Trinajstić information content (AvgIpc) is 2.72. The van der Waals surface area contributed by atoms with Crippen LogP contribution in [0.3, 0.4) is 0 Å². The molecule has 7 heteroatoms. The summed E-state index contributed by atoms with van der Waals surface area (Å²) in [6.07, 6.45) is 0. The highest BCUT2D eigenvalue weighted by Gasteiger charge is 2.19. The Morgan fingerprint density at radius 3 is 2.50 bits per heavy atom. The van der Waals surface area contributed by atoms with Crippen LogP contribution in [0.2, 0.25) is 0 Å². The number of nitrogens with zero attached hydrogens (tertiary/aromatic N) is 2. The first kappa shape index (κ1) is 17.1. The number of nitrogens with two attached hydrogens (primary N) is 1. The number of thiophene rings is 1. The predicted molar refractivity (Wildman–Crippen MR) is 84.4 cm³/mol. The molecule has 1 aromatic rings. The van der Waals surface area contributed by atoms with Crippen molar-refractivity contribution in [1.29, 1.82) is 0 Å². The Bertz CT molecular complexity index is 476. The summed E-state index contributed by atoms with van der Waals surface area (Å²) in [4.78, 5) is 27.7. The normalized spacial score (nSPS) is 11.1. The first-order chi connectivity index (χ1) is 9.29. The molecule has 0 spiro atoms. The van der Waals surface area contributed by atoms with Crippen molar-refractivity contribution >= 4 is 39.1 Å². The molecule has 2 amide bonds. The summed E-state index contributed by atoms with van der Waals surface area (Å²) in [5.41, 5.74) is 5.20. The Balaban J connectivity index is 2.57. The molecule has 0 bridgehead atoms. The topological polar surface area (TPSA) is 66.6 Å². The third kappa shape index (κ3) is 5.60. The number of carbonyl (C=O) groups excluding carboxylic acids is 2. The highest BCUT2D eigenvalue weighted by Crippen LogP contribution is 2.20. The van der Waals surface area contributed by atoms with Gasteiger partial charge in [-0.15, -0.1) is 11.3 Å². The first-order valence-corrected chi connectivity index (χ1v) is 7.96. The van der Waals surface area contributed by atoms with Crippen molar-refractivity contribution in [3.8, 4) is 0 Å². The predicted octanol–water partition coefficient (Wildman–Crippen LogP) is 1.66. The van der Waals surface area contributed by atoms with E-state index < -0.39 is 5.91 Å². The van der Waals surface area contributed by atoms with Crippen molar-refractivity contribution in [2.24, 2.45) is 5.73 Å². The number of hydrogen-bond donors (Lipinski definition) is 1. The molecule has 1 aromatic heterocycles. The Kier molecular flexibility index (Phi) is 6.64. The number of amides is 2. The summed E-state index contributed by atoms with van der Waals surface area (Å²) >= 11 is 5.00. The quantitative estimate of drug-likeness (QED) is 0.802. The highest BCUT2D eigenvalue weighted by molar-refractivity contribution is 9.10. The van der Waals surface area contributed by atoms with Crippen LogP contribution in [0.25, 0.3) is 0 Å². The lowest BCUT2D eigenvalue weighted by molar-refractivity contribution is -0.132. The van der Waals surface area contributed by atoms with Crippen molar-refractivity contribution < 1.29 is 9.59 Å². The minimum Gasteiger partial charge on any atom is -0.369 e. The average molecular weight is 362 g/mol. The van der Waals surface area contributed by atoms with Crippen LogP contribution >= 0.6 is 27.3 Å². The maximum absolute atomic E-state index is 12.2. The summed E-state index contributed by atoms with van der Waals surface area (Å²) in [6.45, 7) is 4.74. The molecule has 112 valence electrons. The Hall–Kier alpha value is -0.920. The van der Waals surface area contributed by atoms with Gasteiger partial charge in [0.15, 0.2) is 0 Å². The fraction of sp³-hybridized carbons (Fsp3) is 0.538. The van der Waals surface area contributed by atoms with Gasteiger partial charge in [0.1, 0.15) is 0 Å². The molecular formula is C13H20BrN3O2S. The molecule has 20 heavy (non-hydrogen) atoms. The largest absolute Gasteiger partial charge is 0.369 e. The van der Waals surface area contributed by atoms with Gasteiger partial charge >= 0.3 is 0 Å². The fourth-order valence-electron chi connectivity index (χ4n) is 1.67. The molecule has 0 aliphatic carbocycles. The second kappa shape index (κ2) is 7.75. The lowest BCUT2D eigenvalue weighted by Crippen LogP contribution is -2.45. The van der Waals surface area contributed by atoms with Gasteiger partial charge in [-0.2, -0.15) is 0 Å². The van der Waals surface area contributed by atoms with Gasteiger partial charge in [-0.1, -0.05) is 0 Å². The SMILES string of the molecule is CC(C)N(CC(N)=O)CC(=O)N(C)Cc1cc(Br)cs1. The van der Waals surface area contributed by atoms with Gasteiger partial charge in [-0.3, -0.25) is 14.5 Å². The van der Waals surface area contributed by atoms with Crippen LogP contribution in [0.1, 0.15) is 18.7 Å². The Morgan fingerprint density at radius 2 is 2.05 bits per heavy atom. The minimum atomic E-state index is -0.420. The molecule has 0 fully saturated rings. The van der Waals surface area contributed by atoms with E-state index in [0.717, 1.165) is 9.35 Å². The number of likely N-dealkylation sites (N-methyl/N-ethyl adjacent to an activating group) is 1. The number of hydrogen-bond acceptors (Lipinski definition) is 4. The van der Waals surface area contributed by atoms with Crippen molar-refractivity contribution in [3.05, 3.63) is 20.8 Å². The first-order valence-electron chi connectivity index (χ1n) is 6.28. The van der Waals surface area contributed by atoms with E-state index in [0.29, 0.717) is 6.54 Å². The Morgan fingerprint density at radius 1 is 1.40 bits per heavy atom. The zero-order chi connectivity index (χ0) is 15.3. The molecular weight excluding hydrogens is 342 g/mol. The molecule has 0 aliphatic rings. The van der Waals surface area contributed by atoms with Gasteiger partial charge in [0.25, 0.3) is 0 Å². The number of halogens is 1. The zero-order valence-electron chi connectivity index (χ0n) is 11.9. The van der Waals surface area contributed by atoms with E-state index in [4.69, 9.17) is 5.73 Å². The lowest BCUT2D eigenvalue weighted by atomic mass is 10.3. The van der Waals surface area contributed by atoms with Gasteiger partial charge in [0.2, 0.25) is 11.8 Å². The molecule has 0 unspecified atom stereocenters. The second-order valence-corrected chi connectivity index (χ2v) is 6.86.